The molecule has 6 heteroatoms. The Labute approximate surface area is 129 Å². The maximum atomic E-state index is 12.1. The monoisotopic (exact) mass is 321 g/mol. The maximum absolute atomic E-state index is 12.1. The number of amides is 1. The van der Waals surface area contributed by atoms with Crippen molar-refractivity contribution < 1.29 is 17.6 Å². The molecule has 0 aliphatic carbocycles. The van der Waals surface area contributed by atoms with Crippen LogP contribution >= 0.6 is 0 Å². The van der Waals surface area contributed by atoms with Crippen molar-refractivity contribution in [1.29, 1.82) is 0 Å². The van der Waals surface area contributed by atoms with Crippen molar-refractivity contribution in [2.45, 2.75) is 32.7 Å². The molecule has 1 saturated heterocycles. The van der Waals surface area contributed by atoms with E-state index in [0.29, 0.717) is 6.42 Å². The number of benzene rings is 1. The van der Waals surface area contributed by atoms with Crippen molar-refractivity contribution in [2.24, 2.45) is 0 Å². The van der Waals surface area contributed by atoms with Crippen LogP contribution in [0, 0.1) is 13.8 Å². The second kappa shape index (κ2) is 5.43. The summed E-state index contributed by atoms with van der Waals surface area (Å²) in [6.07, 6.45) is 2.31. The van der Waals surface area contributed by atoms with E-state index >= 15 is 0 Å². The average molecular weight is 321 g/mol. The van der Waals surface area contributed by atoms with E-state index in [9.17, 15) is 13.2 Å². The third-order valence-corrected chi connectivity index (χ3v) is 6.06. The molecule has 1 aromatic heterocycles. The number of sulfone groups is 1. The number of rotatable bonds is 3. The second-order valence-electron chi connectivity index (χ2n) is 5.99. The van der Waals surface area contributed by atoms with Gasteiger partial charge < -0.3 is 9.73 Å². The van der Waals surface area contributed by atoms with Crippen molar-refractivity contribution in [1.82, 2.24) is 5.32 Å². The lowest BCUT2D eigenvalue weighted by molar-refractivity contribution is -0.120. The number of carbonyl (C=O) groups is 1. The molecule has 0 spiro atoms. The molecular weight excluding hydrogens is 302 g/mol. The van der Waals surface area contributed by atoms with E-state index in [4.69, 9.17) is 4.42 Å². The van der Waals surface area contributed by atoms with Gasteiger partial charge in [-0.05, 0) is 31.4 Å². The molecule has 1 N–H and O–H groups in total. The van der Waals surface area contributed by atoms with Crippen LogP contribution in [0.25, 0.3) is 11.0 Å². The SMILES string of the molecule is Cc1ccc2c(CC(=O)N[C@H]3CCS(=O)(=O)C3)coc2c1C. The van der Waals surface area contributed by atoms with Crippen LogP contribution in [-0.4, -0.2) is 31.9 Å². The summed E-state index contributed by atoms with van der Waals surface area (Å²) < 4.78 is 28.4. The summed E-state index contributed by atoms with van der Waals surface area (Å²) >= 11 is 0. The van der Waals surface area contributed by atoms with Crippen molar-refractivity contribution in [3.8, 4) is 0 Å². The van der Waals surface area contributed by atoms with E-state index in [2.05, 4.69) is 5.32 Å². The molecular formula is C16H19NO4S. The Kier molecular flexibility index (Phi) is 3.72. The number of hydrogen-bond acceptors (Lipinski definition) is 4. The van der Waals surface area contributed by atoms with Crippen LogP contribution in [0.15, 0.2) is 22.8 Å². The first-order valence-corrected chi connectivity index (χ1v) is 9.14. The minimum atomic E-state index is -2.98. The van der Waals surface area contributed by atoms with E-state index in [1.54, 1.807) is 6.26 Å². The zero-order valence-corrected chi connectivity index (χ0v) is 13.5. The standard InChI is InChI=1S/C16H19NO4S/c1-10-3-4-14-12(8-21-16(14)11(10)2)7-15(18)17-13-5-6-22(19,20)9-13/h3-4,8,13H,5-7,9H2,1-2H3,(H,17,18)/t13-/m0/s1. The number of fused-ring (bicyclic) bond motifs is 1. The Bertz CT molecular complexity index is 835. The van der Waals surface area contributed by atoms with Gasteiger partial charge in [-0.25, -0.2) is 8.42 Å². The molecule has 22 heavy (non-hydrogen) atoms. The molecule has 3 rings (SSSR count). The molecule has 1 atom stereocenters. The van der Waals surface area contributed by atoms with Gasteiger partial charge in [-0.2, -0.15) is 0 Å². The first-order valence-electron chi connectivity index (χ1n) is 7.32. The summed E-state index contributed by atoms with van der Waals surface area (Å²) in [6.45, 7) is 4.01. The molecule has 0 bridgehead atoms. The van der Waals surface area contributed by atoms with Gasteiger partial charge in [0.15, 0.2) is 9.84 Å². The van der Waals surface area contributed by atoms with E-state index in [0.717, 1.165) is 27.7 Å². The average Bonchev–Trinajstić information content (AvgIpc) is 2.98. The van der Waals surface area contributed by atoms with E-state index in [-0.39, 0.29) is 29.9 Å². The van der Waals surface area contributed by atoms with Gasteiger partial charge in [0, 0.05) is 17.0 Å². The molecule has 2 aromatic rings. The van der Waals surface area contributed by atoms with Gasteiger partial charge in [0.05, 0.1) is 24.2 Å². The van der Waals surface area contributed by atoms with Gasteiger partial charge in [-0.1, -0.05) is 12.1 Å². The van der Waals surface area contributed by atoms with Gasteiger partial charge in [-0.15, -0.1) is 0 Å². The largest absolute Gasteiger partial charge is 0.464 e. The number of hydrogen-bond donors (Lipinski definition) is 1. The quantitative estimate of drug-likeness (QED) is 0.936. The molecule has 1 aromatic carbocycles. The van der Waals surface area contributed by atoms with Gasteiger partial charge in [0.1, 0.15) is 5.58 Å². The fourth-order valence-corrected chi connectivity index (χ4v) is 4.56. The predicted octanol–water partition coefficient (Wildman–Crippen LogP) is 1.90. The Hall–Kier alpha value is -1.82. The third kappa shape index (κ3) is 2.88. The lowest BCUT2D eigenvalue weighted by Crippen LogP contribution is -2.36. The van der Waals surface area contributed by atoms with E-state index in [1.807, 2.05) is 26.0 Å². The highest BCUT2D eigenvalue weighted by Gasteiger charge is 2.29. The lowest BCUT2D eigenvalue weighted by atomic mass is 10.0. The summed E-state index contributed by atoms with van der Waals surface area (Å²) in [5, 5.41) is 3.75. The summed E-state index contributed by atoms with van der Waals surface area (Å²) in [4.78, 5) is 12.1. The zero-order chi connectivity index (χ0) is 15.9. The van der Waals surface area contributed by atoms with Crippen LogP contribution in [0.4, 0.5) is 0 Å². The van der Waals surface area contributed by atoms with Gasteiger partial charge >= 0.3 is 0 Å². The van der Waals surface area contributed by atoms with Crippen molar-refractivity contribution in [3.05, 3.63) is 35.1 Å². The van der Waals surface area contributed by atoms with Gasteiger partial charge in [0.2, 0.25) is 5.91 Å². The van der Waals surface area contributed by atoms with E-state index < -0.39 is 9.84 Å². The Morgan fingerprint density at radius 2 is 2.14 bits per heavy atom. The zero-order valence-electron chi connectivity index (χ0n) is 12.7. The lowest BCUT2D eigenvalue weighted by Gasteiger charge is -2.10. The fraction of sp³-hybridized carbons (Fsp3) is 0.438. The minimum absolute atomic E-state index is 0.0448. The van der Waals surface area contributed by atoms with Crippen LogP contribution < -0.4 is 5.32 Å². The topological polar surface area (TPSA) is 76.4 Å². The van der Waals surface area contributed by atoms with Crippen LogP contribution in [-0.2, 0) is 21.1 Å². The third-order valence-electron chi connectivity index (χ3n) is 4.29. The minimum Gasteiger partial charge on any atom is -0.464 e. The molecule has 5 nitrogen and oxygen atoms in total. The maximum Gasteiger partial charge on any atom is 0.224 e. The van der Waals surface area contributed by atoms with Crippen LogP contribution in [0.1, 0.15) is 23.1 Å². The predicted molar refractivity (Wildman–Crippen MR) is 84.6 cm³/mol. The van der Waals surface area contributed by atoms with Crippen LogP contribution in [0.5, 0.6) is 0 Å². The molecule has 1 amide bonds. The van der Waals surface area contributed by atoms with Gasteiger partial charge in [0.25, 0.3) is 0 Å². The number of nitrogens with one attached hydrogen (secondary N) is 1. The number of furan rings is 1. The van der Waals surface area contributed by atoms with Crippen LogP contribution in [0.3, 0.4) is 0 Å². The second-order valence-corrected chi connectivity index (χ2v) is 8.22. The summed E-state index contributed by atoms with van der Waals surface area (Å²) in [5.74, 6) is 0.0388. The summed E-state index contributed by atoms with van der Waals surface area (Å²) in [7, 11) is -2.98. The highest BCUT2D eigenvalue weighted by Crippen LogP contribution is 2.26. The van der Waals surface area contributed by atoms with Crippen LogP contribution in [0.2, 0.25) is 0 Å². The highest BCUT2D eigenvalue weighted by atomic mass is 32.2. The Morgan fingerprint density at radius 3 is 2.82 bits per heavy atom. The van der Waals surface area contributed by atoms with Crippen molar-refractivity contribution in [2.75, 3.05) is 11.5 Å². The molecule has 0 saturated carbocycles. The number of carbonyl (C=O) groups excluding carboxylic acids is 1. The summed E-state index contributed by atoms with van der Waals surface area (Å²) in [5.41, 5.74) is 3.86. The van der Waals surface area contributed by atoms with Crippen molar-refractivity contribution in [3.63, 3.8) is 0 Å². The molecule has 0 unspecified atom stereocenters. The van der Waals surface area contributed by atoms with Gasteiger partial charge in [-0.3, -0.25) is 4.79 Å². The molecule has 1 aliphatic rings. The molecule has 118 valence electrons. The molecule has 2 heterocycles. The molecule has 1 fully saturated rings. The summed E-state index contributed by atoms with van der Waals surface area (Å²) in [6, 6.07) is 3.71. The molecule has 0 radical (unpaired) electrons. The molecule has 1 aliphatic heterocycles. The highest BCUT2D eigenvalue weighted by molar-refractivity contribution is 7.91. The Morgan fingerprint density at radius 1 is 1.36 bits per heavy atom. The number of aryl methyl sites for hydroxylation is 2. The smallest absolute Gasteiger partial charge is 0.224 e. The van der Waals surface area contributed by atoms with Crippen molar-refractivity contribution >= 4 is 26.7 Å². The first-order chi connectivity index (χ1) is 10.4. The normalized spacial score (nSPS) is 20.4. The fourth-order valence-electron chi connectivity index (χ4n) is 2.89. The van der Waals surface area contributed by atoms with E-state index in [1.165, 1.54) is 0 Å². The first kappa shape index (κ1) is 15.1. The Balaban J connectivity index is 1.74.